The van der Waals surface area contributed by atoms with Gasteiger partial charge < -0.3 is 5.32 Å². The Morgan fingerprint density at radius 3 is 2.45 bits per heavy atom. The van der Waals surface area contributed by atoms with Crippen LogP contribution in [0.25, 0.3) is 0 Å². The van der Waals surface area contributed by atoms with Crippen LogP contribution >= 0.6 is 11.6 Å². The smallest absolute Gasteiger partial charge is 0.228 e. The molecule has 2 aromatic carbocycles. The lowest BCUT2D eigenvalue weighted by Gasteiger charge is -2.07. The Bertz CT molecular complexity index is 605. The third kappa shape index (κ3) is 3.51. The molecule has 20 heavy (non-hydrogen) atoms. The van der Waals surface area contributed by atoms with E-state index >= 15 is 0 Å². The van der Waals surface area contributed by atoms with Crippen molar-refractivity contribution >= 4 is 23.2 Å². The van der Waals surface area contributed by atoms with Crippen LogP contribution in [0.5, 0.6) is 0 Å². The van der Waals surface area contributed by atoms with Gasteiger partial charge in [-0.3, -0.25) is 4.79 Å². The van der Waals surface area contributed by atoms with Crippen molar-refractivity contribution in [3.63, 3.8) is 0 Å². The maximum atomic E-state index is 13.5. The molecule has 0 aromatic heterocycles. The van der Waals surface area contributed by atoms with Crippen LogP contribution in [-0.4, -0.2) is 5.91 Å². The number of hydrogen-bond acceptors (Lipinski definition) is 1. The van der Waals surface area contributed by atoms with Gasteiger partial charge in [-0.2, -0.15) is 0 Å². The minimum Gasteiger partial charge on any atom is -0.323 e. The van der Waals surface area contributed by atoms with Gasteiger partial charge in [0, 0.05) is 11.1 Å². The Morgan fingerprint density at radius 2 is 1.80 bits per heavy atom. The van der Waals surface area contributed by atoms with E-state index in [0.29, 0.717) is 6.07 Å². The van der Waals surface area contributed by atoms with E-state index in [1.807, 2.05) is 0 Å². The Kier molecular flexibility index (Phi) is 4.29. The van der Waals surface area contributed by atoms with Crippen molar-refractivity contribution in [3.8, 4) is 0 Å². The molecule has 2 nitrogen and oxygen atoms in total. The highest BCUT2D eigenvalue weighted by Gasteiger charge is 2.11. The van der Waals surface area contributed by atoms with E-state index < -0.39 is 23.4 Å². The summed E-state index contributed by atoms with van der Waals surface area (Å²) in [4.78, 5) is 11.7. The van der Waals surface area contributed by atoms with E-state index in [4.69, 9.17) is 11.6 Å². The first kappa shape index (κ1) is 14.4. The Balaban J connectivity index is 2.09. The van der Waals surface area contributed by atoms with Crippen LogP contribution in [0.2, 0.25) is 5.02 Å². The van der Waals surface area contributed by atoms with Gasteiger partial charge in [0.2, 0.25) is 5.91 Å². The quantitative estimate of drug-likeness (QED) is 0.914. The fourth-order valence-electron chi connectivity index (χ4n) is 1.62. The zero-order chi connectivity index (χ0) is 14.7. The number of carbonyl (C=O) groups is 1. The standard InChI is InChI=1S/C14H9ClF3NO/c15-9-2-1-8(11(17)6-9)5-14(20)19-13-4-3-10(16)7-12(13)18/h1-4,6-7H,5H2,(H,19,20). The van der Waals surface area contributed by atoms with Crippen molar-refractivity contribution in [2.75, 3.05) is 5.32 Å². The van der Waals surface area contributed by atoms with Crippen LogP contribution in [-0.2, 0) is 11.2 Å². The highest BCUT2D eigenvalue weighted by Crippen LogP contribution is 2.17. The number of benzene rings is 2. The number of rotatable bonds is 3. The SMILES string of the molecule is O=C(Cc1ccc(Cl)cc1F)Nc1ccc(F)cc1F. The van der Waals surface area contributed by atoms with Crippen LogP contribution in [0.15, 0.2) is 36.4 Å². The molecule has 0 aliphatic rings. The van der Waals surface area contributed by atoms with E-state index in [2.05, 4.69) is 5.32 Å². The second-order valence-electron chi connectivity index (χ2n) is 4.08. The molecular formula is C14H9ClF3NO. The fourth-order valence-corrected chi connectivity index (χ4v) is 1.78. The predicted octanol–water partition coefficient (Wildman–Crippen LogP) is 3.94. The van der Waals surface area contributed by atoms with Gasteiger partial charge >= 0.3 is 0 Å². The molecule has 0 aliphatic carbocycles. The number of carbonyl (C=O) groups excluding carboxylic acids is 1. The Hall–Kier alpha value is -2.01. The molecule has 1 N–H and O–H groups in total. The lowest BCUT2D eigenvalue weighted by atomic mass is 10.1. The molecule has 0 saturated heterocycles. The van der Waals surface area contributed by atoms with Crippen LogP contribution in [0.3, 0.4) is 0 Å². The van der Waals surface area contributed by atoms with E-state index in [1.165, 1.54) is 12.1 Å². The lowest BCUT2D eigenvalue weighted by Crippen LogP contribution is -2.16. The second-order valence-corrected chi connectivity index (χ2v) is 4.52. The molecule has 6 heteroatoms. The molecule has 0 heterocycles. The van der Waals surface area contributed by atoms with Crippen LogP contribution in [0, 0.1) is 17.5 Å². The van der Waals surface area contributed by atoms with Gasteiger partial charge in [0.1, 0.15) is 17.5 Å². The number of halogens is 4. The lowest BCUT2D eigenvalue weighted by molar-refractivity contribution is -0.115. The predicted molar refractivity (Wildman–Crippen MR) is 70.1 cm³/mol. The number of nitrogens with one attached hydrogen (secondary N) is 1. The Morgan fingerprint density at radius 1 is 1.05 bits per heavy atom. The van der Waals surface area contributed by atoms with E-state index in [0.717, 1.165) is 18.2 Å². The summed E-state index contributed by atoms with van der Waals surface area (Å²) in [6.45, 7) is 0. The molecule has 104 valence electrons. The molecule has 0 spiro atoms. The van der Waals surface area contributed by atoms with Gasteiger partial charge in [-0.25, -0.2) is 13.2 Å². The van der Waals surface area contributed by atoms with E-state index in [9.17, 15) is 18.0 Å². The molecule has 0 saturated carbocycles. The maximum absolute atomic E-state index is 13.5. The van der Waals surface area contributed by atoms with Crippen molar-refractivity contribution in [3.05, 3.63) is 64.4 Å². The number of amides is 1. The van der Waals surface area contributed by atoms with Gasteiger partial charge in [0.25, 0.3) is 0 Å². The van der Waals surface area contributed by atoms with Crippen molar-refractivity contribution < 1.29 is 18.0 Å². The maximum Gasteiger partial charge on any atom is 0.228 e. The average molecular weight is 300 g/mol. The zero-order valence-corrected chi connectivity index (χ0v) is 10.8. The highest BCUT2D eigenvalue weighted by molar-refractivity contribution is 6.30. The third-order valence-electron chi connectivity index (χ3n) is 2.57. The van der Waals surface area contributed by atoms with Crippen molar-refractivity contribution in [1.82, 2.24) is 0 Å². The van der Waals surface area contributed by atoms with E-state index in [1.54, 1.807) is 0 Å². The van der Waals surface area contributed by atoms with Crippen LogP contribution in [0.1, 0.15) is 5.56 Å². The largest absolute Gasteiger partial charge is 0.323 e. The first-order valence-electron chi connectivity index (χ1n) is 5.64. The molecular weight excluding hydrogens is 291 g/mol. The molecule has 2 aromatic rings. The molecule has 0 radical (unpaired) electrons. The summed E-state index contributed by atoms with van der Waals surface area (Å²) >= 11 is 5.59. The normalized spacial score (nSPS) is 10.4. The van der Waals surface area contributed by atoms with Gasteiger partial charge in [0.05, 0.1) is 12.1 Å². The van der Waals surface area contributed by atoms with Gasteiger partial charge in [0.15, 0.2) is 0 Å². The second kappa shape index (κ2) is 5.96. The van der Waals surface area contributed by atoms with Crippen LogP contribution < -0.4 is 5.32 Å². The summed E-state index contributed by atoms with van der Waals surface area (Å²) in [7, 11) is 0. The molecule has 0 atom stereocenters. The third-order valence-corrected chi connectivity index (χ3v) is 2.81. The average Bonchev–Trinajstić information content (AvgIpc) is 2.36. The number of hydrogen-bond donors (Lipinski definition) is 1. The molecule has 1 amide bonds. The van der Waals surface area contributed by atoms with Crippen LogP contribution in [0.4, 0.5) is 18.9 Å². The molecule has 0 aliphatic heterocycles. The van der Waals surface area contributed by atoms with Crippen molar-refractivity contribution in [1.29, 1.82) is 0 Å². The van der Waals surface area contributed by atoms with Crippen molar-refractivity contribution in [2.24, 2.45) is 0 Å². The van der Waals surface area contributed by atoms with Gasteiger partial charge in [-0.15, -0.1) is 0 Å². The molecule has 2 rings (SSSR count). The summed E-state index contributed by atoms with van der Waals surface area (Å²) in [5.74, 6) is -2.87. The minimum atomic E-state index is -0.894. The summed E-state index contributed by atoms with van der Waals surface area (Å²) in [5.41, 5.74) is -0.0276. The molecule has 0 bridgehead atoms. The summed E-state index contributed by atoms with van der Waals surface area (Å²) in [6, 6.07) is 6.67. The minimum absolute atomic E-state index is 0.134. The molecule has 0 unspecified atom stereocenters. The summed E-state index contributed by atoms with van der Waals surface area (Å²) in [5, 5.41) is 2.47. The highest BCUT2D eigenvalue weighted by atomic mass is 35.5. The summed E-state index contributed by atoms with van der Waals surface area (Å²) in [6.07, 6.45) is -0.278. The first-order chi connectivity index (χ1) is 9.45. The fraction of sp³-hybridized carbons (Fsp3) is 0.0714. The zero-order valence-electron chi connectivity index (χ0n) is 10.1. The van der Waals surface area contributed by atoms with E-state index in [-0.39, 0.29) is 22.7 Å². The Labute approximate surface area is 118 Å². The van der Waals surface area contributed by atoms with Gasteiger partial charge in [-0.1, -0.05) is 17.7 Å². The first-order valence-corrected chi connectivity index (χ1v) is 6.02. The van der Waals surface area contributed by atoms with Gasteiger partial charge in [-0.05, 0) is 29.8 Å². The van der Waals surface area contributed by atoms with Crippen molar-refractivity contribution in [2.45, 2.75) is 6.42 Å². The topological polar surface area (TPSA) is 29.1 Å². The summed E-state index contributed by atoms with van der Waals surface area (Å²) < 4.78 is 39.5. The monoisotopic (exact) mass is 299 g/mol. The number of anilines is 1. The molecule has 0 fully saturated rings.